The summed E-state index contributed by atoms with van der Waals surface area (Å²) >= 11 is 2.09. The van der Waals surface area contributed by atoms with Gasteiger partial charge in [-0.05, 0) is 80.1 Å². The zero-order valence-corrected chi connectivity index (χ0v) is 16.6. The molecule has 0 radical (unpaired) electrons. The maximum absolute atomic E-state index is 14.3. The Morgan fingerprint density at radius 2 is 1.72 bits per heavy atom. The monoisotopic (exact) mass is 460 g/mol. The minimum atomic E-state index is -0.844. The van der Waals surface area contributed by atoms with Crippen LogP contribution in [0.3, 0.4) is 0 Å². The summed E-state index contributed by atoms with van der Waals surface area (Å²) in [4.78, 5) is 11.9. The highest BCUT2D eigenvalue weighted by Crippen LogP contribution is 2.25. The molecule has 0 heterocycles. The van der Waals surface area contributed by atoms with Crippen molar-refractivity contribution in [2.45, 2.75) is 39.9 Å². The van der Waals surface area contributed by atoms with Crippen molar-refractivity contribution in [2.75, 3.05) is 0 Å². The van der Waals surface area contributed by atoms with Crippen LogP contribution in [0, 0.1) is 22.1 Å². The van der Waals surface area contributed by atoms with Crippen LogP contribution in [0.1, 0.15) is 42.3 Å². The van der Waals surface area contributed by atoms with Crippen molar-refractivity contribution in [1.29, 1.82) is 0 Å². The summed E-state index contributed by atoms with van der Waals surface area (Å²) in [6, 6.07) is 7.52. The van der Waals surface area contributed by atoms with Gasteiger partial charge in [0.25, 0.3) is 0 Å². The van der Waals surface area contributed by atoms with Crippen LogP contribution in [0.4, 0.5) is 8.78 Å². The Kier molecular flexibility index (Phi) is 6.03. The summed E-state index contributed by atoms with van der Waals surface area (Å²) in [5, 5.41) is 0. The van der Waals surface area contributed by atoms with E-state index in [1.807, 2.05) is 19.1 Å². The average molecular weight is 460 g/mol. The molecule has 0 aromatic heterocycles. The fourth-order valence-electron chi connectivity index (χ4n) is 2.07. The fourth-order valence-corrected chi connectivity index (χ4v) is 2.56. The lowest BCUT2D eigenvalue weighted by Gasteiger charge is -2.19. The normalized spacial score (nSPS) is 11.3. The maximum Gasteiger partial charge on any atom is 0.338 e. The number of benzene rings is 2. The molecule has 2 aromatic carbocycles. The Morgan fingerprint density at radius 1 is 1.12 bits per heavy atom. The van der Waals surface area contributed by atoms with Gasteiger partial charge in [0, 0.05) is 0 Å². The Morgan fingerprint density at radius 3 is 2.28 bits per heavy atom. The van der Waals surface area contributed by atoms with Crippen molar-refractivity contribution in [3.8, 4) is 5.75 Å². The second-order valence-electron chi connectivity index (χ2n) is 6.64. The quantitative estimate of drug-likeness (QED) is 0.452. The van der Waals surface area contributed by atoms with Gasteiger partial charge in [-0.15, -0.1) is 0 Å². The number of esters is 1. The summed E-state index contributed by atoms with van der Waals surface area (Å²) in [5.74, 6) is -1.91. The zero-order chi connectivity index (χ0) is 18.8. The fraction of sp³-hybridized carbons (Fsp3) is 0.316. The highest BCUT2D eigenvalue weighted by atomic mass is 127. The molecule has 0 aliphatic carbocycles. The molecule has 0 bridgehead atoms. The van der Waals surface area contributed by atoms with Crippen LogP contribution >= 0.6 is 22.6 Å². The first-order chi connectivity index (χ1) is 11.6. The first-order valence-electron chi connectivity index (χ1n) is 7.67. The predicted octanol–water partition coefficient (Wildman–Crippen LogP) is 5.41. The molecule has 25 heavy (non-hydrogen) atoms. The van der Waals surface area contributed by atoms with Crippen LogP contribution in [0.2, 0.25) is 0 Å². The van der Waals surface area contributed by atoms with E-state index in [4.69, 9.17) is 9.47 Å². The number of aryl methyl sites for hydroxylation is 1. The van der Waals surface area contributed by atoms with Crippen molar-refractivity contribution in [2.24, 2.45) is 0 Å². The van der Waals surface area contributed by atoms with E-state index in [0.29, 0.717) is 5.75 Å². The van der Waals surface area contributed by atoms with E-state index in [2.05, 4.69) is 22.6 Å². The van der Waals surface area contributed by atoms with Gasteiger partial charge >= 0.3 is 5.97 Å². The maximum atomic E-state index is 14.3. The van der Waals surface area contributed by atoms with Crippen molar-refractivity contribution >= 4 is 28.6 Å². The van der Waals surface area contributed by atoms with E-state index in [1.165, 1.54) is 0 Å². The predicted molar refractivity (Wildman–Crippen MR) is 99.8 cm³/mol. The van der Waals surface area contributed by atoms with Crippen LogP contribution in [0.5, 0.6) is 5.75 Å². The Bertz CT molecular complexity index is 775. The second kappa shape index (κ2) is 7.68. The lowest BCUT2D eigenvalue weighted by Crippen LogP contribution is -2.24. The van der Waals surface area contributed by atoms with Crippen LogP contribution < -0.4 is 4.74 Å². The van der Waals surface area contributed by atoms with E-state index in [9.17, 15) is 13.6 Å². The van der Waals surface area contributed by atoms with E-state index in [0.717, 1.165) is 21.3 Å². The summed E-state index contributed by atoms with van der Waals surface area (Å²) in [6.45, 7) is 6.68. The van der Waals surface area contributed by atoms with Gasteiger partial charge < -0.3 is 9.47 Å². The highest BCUT2D eigenvalue weighted by Gasteiger charge is 2.21. The molecule has 2 rings (SSSR count). The minimum absolute atomic E-state index is 0.168. The molecule has 0 fully saturated rings. The van der Waals surface area contributed by atoms with Crippen molar-refractivity contribution < 1.29 is 23.0 Å². The molecule has 2 aromatic rings. The molecule has 134 valence electrons. The molecule has 0 unspecified atom stereocenters. The van der Waals surface area contributed by atoms with E-state index in [-0.39, 0.29) is 17.7 Å². The molecular formula is C19H19F2IO3. The number of carbonyl (C=O) groups excluding carboxylic acids is 1. The SMILES string of the molecule is Cc1ccc(I)c(OCc2c(F)cc(C(=O)OC(C)(C)C)cc2F)c1. The van der Waals surface area contributed by atoms with Crippen LogP contribution in [-0.2, 0) is 11.3 Å². The molecule has 0 aliphatic rings. The van der Waals surface area contributed by atoms with E-state index >= 15 is 0 Å². The van der Waals surface area contributed by atoms with Crippen molar-refractivity contribution in [3.05, 3.63) is 62.2 Å². The first kappa shape index (κ1) is 19.6. The largest absolute Gasteiger partial charge is 0.488 e. The van der Waals surface area contributed by atoms with Gasteiger partial charge in [-0.2, -0.15) is 0 Å². The number of hydrogen-bond donors (Lipinski definition) is 0. The summed E-state index contributed by atoms with van der Waals surface area (Å²) in [7, 11) is 0. The second-order valence-corrected chi connectivity index (χ2v) is 7.81. The van der Waals surface area contributed by atoms with Gasteiger partial charge in [-0.3, -0.25) is 0 Å². The third-order valence-corrected chi connectivity index (χ3v) is 4.13. The standard InChI is InChI=1S/C19H19F2IO3/c1-11-5-6-16(22)17(7-11)24-10-13-14(20)8-12(9-15(13)21)18(23)25-19(2,3)4/h5-9H,10H2,1-4H3. The Balaban J connectivity index is 2.20. The van der Waals surface area contributed by atoms with Crippen LogP contribution in [-0.4, -0.2) is 11.6 Å². The smallest absolute Gasteiger partial charge is 0.338 e. The summed E-state index contributed by atoms with van der Waals surface area (Å²) in [5.41, 5.74) is -0.159. The topological polar surface area (TPSA) is 35.5 Å². The van der Waals surface area contributed by atoms with Crippen molar-refractivity contribution in [1.82, 2.24) is 0 Å². The van der Waals surface area contributed by atoms with Gasteiger partial charge in [0.15, 0.2) is 0 Å². The molecule has 0 spiro atoms. The molecule has 0 amide bonds. The molecular weight excluding hydrogens is 441 g/mol. The highest BCUT2D eigenvalue weighted by molar-refractivity contribution is 14.1. The summed E-state index contributed by atoms with van der Waals surface area (Å²) < 4.78 is 40.0. The number of rotatable bonds is 4. The van der Waals surface area contributed by atoms with Crippen molar-refractivity contribution in [3.63, 3.8) is 0 Å². The third-order valence-electron chi connectivity index (χ3n) is 3.23. The minimum Gasteiger partial charge on any atom is -0.488 e. The molecule has 0 N–H and O–H groups in total. The molecule has 0 aliphatic heterocycles. The first-order valence-corrected chi connectivity index (χ1v) is 8.75. The van der Waals surface area contributed by atoms with Crippen LogP contribution in [0.25, 0.3) is 0 Å². The van der Waals surface area contributed by atoms with E-state index < -0.39 is 23.2 Å². The van der Waals surface area contributed by atoms with Gasteiger partial charge in [0.2, 0.25) is 0 Å². The number of ether oxygens (including phenoxy) is 2. The van der Waals surface area contributed by atoms with Gasteiger partial charge in [-0.25, -0.2) is 13.6 Å². The van der Waals surface area contributed by atoms with Gasteiger partial charge in [0.1, 0.15) is 29.6 Å². The molecule has 0 saturated heterocycles. The lowest BCUT2D eigenvalue weighted by atomic mass is 10.1. The lowest BCUT2D eigenvalue weighted by molar-refractivity contribution is 0.00683. The van der Waals surface area contributed by atoms with E-state index in [1.54, 1.807) is 26.8 Å². The average Bonchev–Trinajstić information content (AvgIpc) is 2.47. The number of halogens is 3. The Hall–Kier alpha value is -1.70. The molecule has 0 saturated carbocycles. The summed E-state index contributed by atoms with van der Waals surface area (Å²) in [6.07, 6.45) is 0. The number of hydrogen-bond acceptors (Lipinski definition) is 3. The zero-order valence-electron chi connectivity index (χ0n) is 14.5. The number of carbonyl (C=O) groups is 1. The van der Waals surface area contributed by atoms with Gasteiger partial charge in [0.05, 0.1) is 14.7 Å². The third kappa shape index (κ3) is 5.39. The molecule has 6 heteroatoms. The molecule has 3 nitrogen and oxygen atoms in total. The van der Waals surface area contributed by atoms with Gasteiger partial charge in [-0.1, -0.05) is 6.07 Å². The molecule has 0 atom stereocenters. The Labute approximate surface area is 159 Å². The van der Waals surface area contributed by atoms with Crippen LogP contribution in [0.15, 0.2) is 30.3 Å².